The number of fused-ring (bicyclic) bond motifs is 2. The molecule has 3 heterocycles. The maximum atomic E-state index is 13.0. The summed E-state index contributed by atoms with van der Waals surface area (Å²) in [6.45, 7) is 5.42. The lowest BCUT2D eigenvalue weighted by molar-refractivity contribution is -0.117. The zero-order chi connectivity index (χ0) is 22.3. The van der Waals surface area contributed by atoms with Crippen molar-refractivity contribution in [2.75, 3.05) is 6.54 Å². The van der Waals surface area contributed by atoms with Crippen LogP contribution in [0.4, 0.5) is 0 Å². The lowest BCUT2D eigenvalue weighted by Crippen LogP contribution is -2.34. The first-order chi connectivity index (χ1) is 14.8. The first-order valence-corrected chi connectivity index (χ1v) is 9.84. The van der Waals surface area contributed by atoms with E-state index in [0.29, 0.717) is 11.3 Å². The van der Waals surface area contributed by atoms with Crippen molar-refractivity contribution in [1.82, 2.24) is 24.9 Å². The summed E-state index contributed by atoms with van der Waals surface area (Å²) in [5.41, 5.74) is 8.80. The number of primary amides is 1. The zero-order valence-electron chi connectivity index (χ0n) is 17.4. The molecule has 0 saturated heterocycles. The van der Waals surface area contributed by atoms with Crippen molar-refractivity contribution in [3.63, 3.8) is 0 Å². The van der Waals surface area contributed by atoms with Crippen LogP contribution in [-0.4, -0.2) is 37.9 Å². The van der Waals surface area contributed by atoms with Gasteiger partial charge in [0.1, 0.15) is 5.52 Å². The Bertz CT molecular complexity index is 1400. The lowest BCUT2D eigenvalue weighted by atomic mass is 10.0. The van der Waals surface area contributed by atoms with Crippen LogP contribution in [0.5, 0.6) is 0 Å². The molecule has 0 spiro atoms. The molecule has 0 fully saturated rings. The summed E-state index contributed by atoms with van der Waals surface area (Å²) in [4.78, 5) is 44.0. The Morgan fingerprint density at radius 3 is 2.77 bits per heavy atom. The minimum absolute atomic E-state index is 0.0892. The van der Waals surface area contributed by atoms with E-state index in [-0.39, 0.29) is 29.2 Å². The van der Waals surface area contributed by atoms with Crippen molar-refractivity contribution in [2.45, 2.75) is 26.7 Å². The number of nitrogens with two attached hydrogens (primary N) is 1. The molecule has 3 aromatic heterocycles. The van der Waals surface area contributed by atoms with E-state index >= 15 is 0 Å². The van der Waals surface area contributed by atoms with E-state index in [9.17, 15) is 14.4 Å². The molecule has 0 aliphatic rings. The normalized spacial score (nSPS) is 11.4. The van der Waals surface area contributed by atoms with Crippen LogP contribution in [0.1, 0.15) is 41.4 Å². The van der Waals surface area contributed by atoms with Crippen molar-refractivity contribution < 1.29 is 9.59 Å². The molecule has 2 amide bonds. The fraction of sp³-hybridized carbons (Fsp3) is 0.227. The molecule has 0 saturated carbocycles. The molecule has 9 heteroatoms. The fourth-order valence-electron chi connectivity index (χ4n) is 3.66. The van der Waals surface area contributed by atoms with Gasteiger partial charge in [0.15, 0.2) is 5.69 Å². The predicted molar refractivity (Wildman–Crippen MR) is 117 cm³/mol. The van der Waals surface area contributed by atoms with Gasteiger partial charge in [-0.25, -0.2) is 4.52 Å². The maximum absolute atomic E-state index is 13.0. The highest BCUT2D eigenvalue weighted by atomic mass is 16.2. The molecule has 4 aromatic rings. The van der Waals surface area contributed by atoms with Crippen LogP contribution in [0.15, 0.2) is 41.5 Å². The van der Waals surface area contributed by atoms with Gasteiger partial charge in [-0.3, -0.25) is 19.4 Å². The second kappa shape index (κ2) is 7.67. The van der Waals surface area contributed by atoms with Crippen molar-refractivity contribution in [3.8, 4) is 11.3 Å². The van der Waals surface area contributed by atoms with E-state index in [2.05, 4.69) is 20.4 Å². The van der Waals surface area contributed by atoms with E-state index in [0.717, 1.165) is 22.0 Å². The average molecular weight is 418 g/mol. The van der Waals surface area contributed by atoms with Gasteiger partial charge in [0.2, 0.25) is 5.91 Å². The number of aryl methyl sites for hydroxylation is 1. The van der Waals surface area contributed by atoms with Crippen LogP contribution in [0.3, 0.4) is 0 Å². The number of carbonyl (C=O) groups is 2. The number of hydrogen-bond donors (Lipinski definition) is 3. The Balaban J connectivity index is 1.87. The number of rotatable bonds is 5. The second-order valence-corrected chi connectivity index (χ2v) is 7.72. The van der Waals surface area contributed by atoms with Gasteiger partial charge < -0.3 is 16.0 Å². The van der Waals surface area contributed by atoms with Crippen molar-refractivity contribution in [1.29, 1.82) is 0 Å². The molecule has 9 nitrogen and oxygen atoms in total. The smallest absolute Gasteiger partial charge is 0.274 e. The number of nitrogens with zero attached hydrogens (tertiary/aromatic N) is 3. The molecule has 0 bridgehead atoms. The second-order valence-electron chi connectivity index (χ2n) is 7.72. The predicted octanol–water partition coefficient (Wildman–Crippen LogP) is 1.88. The quantitative estimate of drug-likeness (QED) is 0.455. The molecule has 0 radical (unpaired) electrons. The van der Waals surface area contributed by atoms with Gasteiger partial charge in [-0.15, -0.1) is 0 Å². The van der Waals surface area contributed by atoms with Gasteiger partial charge in [-0.1, -0.05) is 26.0 Å². The highest BCUT2D eigenvalue weighted by Gasteiger charge is 2.24. The molecule has 0 aliphatic heterocycles. The summed E-state index contributed by atoms with van der Waals surface area (Å²) in [6, 6.07) is 7.83. The third-order valence-electron chi connectivity index (χ3n) is 5.13. The van der Waals surface area contributed by atoms with Gasteiger partial charge in [-0.2, -0.15) is 5.10 Å². The molecule has 158 valence electrons. The summed E-state index contributed by atoms with van der Waals surface area (Å²) in [7, 11) is 0. The van der Waals surface area contributed by atoms with Gasteiger partial charge >= 0.3 is 0 Å². The number of nitrogens with one attached hydrogen (secondary N) is 2. The van der Waals surface area contributed by atoms with Crippen LogP contribution >= 0.6 is 0 Å². The standard InChI is InChI=1S/C22H22N6O3/c1-11(2)18-19(21(30)25-9-17(23)29)27-28-10-16(26-22(31)20(18)28)13-7-14-12(3)5-4-6-15(14)24-8-13/h4-8,10-11H,9H2,1-3H3,(H2,23,29)(H,25,30)(H,26,31). The molecule has 0 unspecified atom stereocenters. The summed E-state index contributed by atoms with van der Waals surface area (Å²) < 4.78 is 1.41. The maximum Gasteiger partial charge on any atom is 0.274 e. The SMILES string of the molecule is Cc1cccc2ncc(-c3cn4nc(C(=O)NCC(N)=O)c(C(C)C)c4c(=O)[nH]3)cc12. The number of aromatic amines is 1. The Morgan fingerprint density at radius 2 is 2.06 bits per heavy atom. The highest BCUT2D eigenvalue weighted by Crippen LogP contribution is 2.26. The Morgan fingerprint density at radius 1 is 1.29 bits per heavy atom. The lowest BCUT2D eigenvalue weighted by Gasteiger charge is -2.07. The van der Waals surface area contributed by atoms with E-state index in [1.807, 2.05) is 45.0 Å². The van der Waals surface area contributed by atoms with Crippen LogP contribution in [0, 0.1) is 6.92 Å². The number of aromatic nitrogens is 4. The fourth-order valence-corrected chi connectivity index (χ4v) is 3.66. The minimum atomic E-state index is -0.664. The summed E-state index contributed by atoms with van der Waals surface area (Å²) in [6.07, 6.45) is 3.35. The topological polar surface area (TPSA) is 135 Å². The molecule has 4 N–H and O–H groups in total. The minimum Gasteiger partial charge on any atom is -0.368 e. The first kappa shape index (κ1) is 20.3. The van der Waals surface area contributed by atoms with E-state index in [1.165, 1.54) is 4.52 Å². The first-order valence-electron chi connectivity index (χ1n) is 9.84. The number of H-pyrrole nitrogens is 1. The van der Waals surface area contributed by atoms with E-state index in [4.69, 9.17) is 5.73 Å². The van der Waals surface area contributed by atoms with E-state index < -0.39 is 11.8 Å². The number of hydrogen-bond acceptors (Lipinski definition) is 5. The monoisotopic (exact) mass is 418 g/mol. The highest BCUT2D eigenvalue weighted by molar-refractivity contribution is 5.97. The zero-order valence-corrected chi connectivity index (χ0v) is 17.4. The number of amides is 2. The average Bonchev–Trinajstić information content (AvgIpc) is 3.12. The third kappa shape index (κ3) is 3.65. The van der Waals surface area contributed by atoms with Crippen LogP contribution in [-0.2, 0) is 4.79 Å². The largest absolute Gasteiger partial charge is 0.368 e. The van der Waals surface area contributed by atoms with Gasteiger partial charge in [0.25, 0.3) is 11.5 Å². The van der Waals surface area contributed by atoms with Gasteiger partial charge in [0.05, 0.1) is 24.0 Å². The molecule has 31 heavy (non-hydrogen) atoms. The van der Waals surface area contributed by atoms with Gasteiger partial charge in [0, 0.05) is 22.7 Å². The number of pyridine rings is 1. The van der Waals surface area contributed by atoms with Crippen molar-refractivity contribution >= 4 is 28.2 Å². The van der Waals surface area contributed by atoms with Crippen molar-refractivity contribution in [2.24, 2.45) is 5.73 Å². The van der Waals surface area contributed by atoms with Crippen LogP contribution in [0.2, 0.25) is 0 Å². The molecular formula is C22H22N6O3. The molecular weight excluding hydrogens is 396 g/mol. The van der Waals surface area contributed by atoms with Crippen LogP contribution in [0.25, 0.3) is 27.7 Å². The Labute approximate surface area is 177 Å². The molecule has 1 aromatic carbocycles. The molecule has 0 atom stereocenters. The molecule has 4 rings (SSSR count). The Kier molecular flexibility index (Phi) is 5.02. The number of carbonyl (C=O) groups excluding carboxylic acids is 2. The summed E-state index contributed by atoms with van der Waals surface area (Å²) >= 11 is 0. The van der Waals surface area contributed by atoms with Gasteiger partial charge in [-0.05, 0) is 30.5 Å². The van der Waals surface area contributed by atoms with Crippen molar-refractivity contribution in [3.05, 3.63) is 63.8 Å². The third-order valence-corrected chi connectivity index (χ3v) is 5.13. The van der Waals surface area contributed by atoms with Crippen LogP contribution < -0.4 is 16.6 Å². The summed E-state index contributed by atoms with van der Waals surface area (Å²) in [5, 5.41) is 7.77. The van der Waals surface area contributed by atoms with E-state index in [1.54, 1.807) is 12.4 Å². The Hall–Kier alpha value is -4.01. The number of benzene rings is 1. The molecule has 0 aliphatic carbocycles. The summed E-state index contributed by atoms with van der Waals surface area (Å²) in [5.74, 6) is -1.37.